The second-order valence-corrected chi connectivity index (χ2v) is 3.38. The summed E-state index contributed by atoms with van der Waals surface area (Å²) in [7, 11) is 0. The Labute approximate surface area is 88.5 Å². The monoisotopic (exact) mass is 296 g/mol. The summed E-state index contributed by atoms with van der Waals surface area (Å²) in [5.74, 6) is -1.05. The van der Waals surface area contributed by atoms with Gasteiger partial charge in [-0.05, 0) is 22.6 Å². The van der Waals surface area contributed by atoms with Gasteiger partial charge in [0, 0.05) is 12.1 Å². The Morgan fingerprint density at radius 1 is 1.46 bits per heavy atom. The number of halogens is 3. The molecule has 0 fully saturated rings. The third kappa shape index (κ3) is 2.65. The summed E-state index contributed by atoms with van der Waals surface area (Å²) in [6.45, 7) is 3.67. The van der Waals surface area contributed by atoms with E-state index in [1.54, 1.807) is 22.6 Å². The summed E-state index contributed by atoms with van der Waals surface area (Å²) in [5, 5.41) is 0. The molecule has 1 aromatic carbocycles. The molecule has 13 heavy (non-hydrogen) atoms. The van der Waals surface area contributed by atoms with Crippen molar-refractivity contribution in [2.75, 3.05) is 6.61 Å². The maximum Gasteiger partial charge on any atom is 0.143 e. The Balaban J connectivity index is 2.98. The van der Waals surface area contributed by atoms with Crippen molar-refractivity contribution in [3.8, 4) is 5.75 Å². The van der Waals surface area contributed by atoms with Crippen molar-refractivity contribution in [1.82, 2.24) is 0 Å². The zero-order chi connectivity index (χ0) is 9.84. The Morgan fingerprint density at radius 2 is 2.15 bits per heavy atom. The summed E-state index contributed by atoms with van der Waals surface area (Å²) in [6, 6.07) is 1.97. The predicted molar refractivity (Wildman–Crippen MR) is 54.8 cm³/mol. The molecule has 0 heterocycles. The van der Waals surface area contributed by atoms with Crippen molar-refractivity contribution in [1.29, 1.82) is 0 Å². The predicted octanol–water partition coefficient (Wildman–Crippen LogP) is 3.13. The highest BCUT2D eigenvalue weighted by Crippen LogP contribution is 2.24. The van der Waals surface area contributed by atoms with Gasteiger partial charge in [-0.2, -0.15) is 0 Å². The van der Waals surface area contributed by atoms with E-state index in [4.69, 9.17) is 4.74 Å². The van der Waals surface area contributed by atoms with Gasteiger partial charge in [-0.25, -0.2) is 8.78 Å². The molecule has 0 saturated carbocycles. The summed E-state index contributed by atoms with van der Waals surface area (Å²) < 4.78 is 30.9. The molecule has 0 bridgehead atoms. The van der Waals surface area contributed by atoms with Gasteiger partial charge in [-0.1, -0.05) is 12.7 Å². The molecule has 1 rings (SSSR count). The van der Waals surface area contributed by atoms with Crippen LogP contribution < -0.4 is 4.74 Å². The van der Waals surface area contributed by atoms with Gasteiger partial charge in [0.2, 0.25) is 0 Å². The second kappa shape index (κ2) is 4.55. The van der Waals surface area contributed by atoms with Gasteiger partial charge in [0.25, 0.3) is 0 Å². The first-order valence-corrected chi connectivity index (χ1v) is 4.61. The number of ether oxygens (including phenoxy) is 1. The van der Waals surface area contributed by atoms with Gasteiger partial charge >= 0.3 is 0 Å². The van der Waals surface area contributed by atoms with Crippen molar-refractivity contribution in [3.63, 3.8) is 0 Å². The lowest BCUT2D eigenvalue weighted by molar-refractivity contribution is 0.354. The first kappa shape index (κ1) is 10.4. The Hall–Kier alpha value is -0.650. The number of benzene rings is 1. The average Bonchev–Trinajstić information content (AvgIpc) is 2.09. The largest absolute Gasteiger partial charge is 0.488 e. The van der Waals surface area contributed by atoms with Crippen molar-refractivity contribution < 1.29 is 13.5 Å². The summed E-state index contributed by atoms with van der Waals surface area (Å²) in [6.07, 6.45) is 1.51. The zero-order valence-corrected chi connectivity index (χ0v) is 8.85. The van der Waals surface area contributed by atoms with Crippen LogP contribution in [0.1, 0.15) is 0 Å². The molecule has 0 aliphatic carbocycles. The molecular weight excluding hydrogens is 289 g/mol. The van der Waals surface area contributed by atoms with Crippen LogP contribution in [-0.2, 0) is 0 Å². The topological polar surface area (TPSA) is 9.23 Å². The minimum absolute atomic E-state index is 0.206. The highest BCUT2D eigenvalue weighted by molar-refractivity contribution is 14.1. The molecule has 1 nitrogen and oxygen atoms in total. The maximum absolute atomic E-state index is 12.9. The van der Waals surface area contributed by atoms with Gasteiger partial charge in [-0.3, -0.25) is 0 Å². The van der Waals surface area contributed by atoms with Gasteiger partial charge < -0.3 is 4.74 Å². The molecule has 0 saturated heterocycles. The third-order valence-electron chi connectivity index (χ3n) is 1.32. The molecule has 0 atom stereocenters. The first-order valence-electron chi connectivity index (χ1n) is 3.53. The molecule has 0 radical (unpaired) electrons. The highest BCUT2D eigenvalue weighted by Gasteiger charge is 2.08. The maximum atomic E-state index is 12.9. The summed E-state index contributed by atoms with van der Waals surface area (Å²) >= 11 is 1.76. The Kier molecular flexibility index (Phi) is 3.65. The van der Waals surface area contributed by atoms with Gasteiger partial charge in [0.15, 0.2) is 0 Å². The molecule has 0 amide bonds. The molecule has 0 spiro atoms. The van der Waals surface area contributed by atoms with E-state index in [2.05, 4.69) is 6.58 Å². The van der Waals surface area contributed by atoms with Crippen molar-refractivity contribution in [3.05, 3.63) is 40.0 Å². The lowest BCUT2D eigenvalue weighted by Gasteiger charge is -2.06. The standard InChI is InChI=1S/C9H7F2IO/c1-2-3-13-8-5-6(10)4-7(11)9(8)12/h2,4-5H,1,3H2. The van der Waals surface area contributed by atoms with Gasteiger partial charge in [0.1, 0.15) is 24.0 Å². The van der Waals surface area contributed by atoms with Crippen LogP contribution >= 0.6 is 22.6 Å². The quantitative estimate of drug-likeness (QED) is 0.473. The Morgan fingerprint density at radius 3 is 2.77 bits per heavy atom. The molecule has 70 valence electrons. The SMILES string of the molecule is C=CCOc1cc(F)cc(F)c1I. The van der Waals surface area contributed by atoms with E-state index < -0.39 is 11.6 Å². The fourth-order valence-corrected chi connectivity index (χ4v) is 1.25. The van der Waals surface area contributed by atoms with Crippen LogP contribution in [0.3, 0.4) is 0 Å². The molecule has 0 unspecified atom stereocenters. The van der Waals surface area contributed by atoms with Crippen molar-refractivity contribution in [2.24, 2.45) is 0 Å². The molecule has 4 heteroatoms. The normalized spacial score (nSPS) is 9.77. The first-order chi connectivity index (χ1) is 6.15. The number of hydrogen-bond donors (Lipinski definition) is 0. The molecule has 0 aliphatic heterocycles. The van der Waals surface area contributed by atoms with Crippen LogP contribution in [0.15, 0.2) is 24.8 Å². The minimum atomic E-state index is -0.642. The van der Waals surface area contributed by atoms with E-state index >= 15 is 0 Å². The number of rotatable bonds is 3. The molecule has 0 N–H and O–H groups in total. The van der Waals surface area contributed by atoms with Gasteiger partial charge in [-0.15, -0.1) is 0 Å². The van der Waals surface area contributed by atoms with E-state index in [1.807, 2.05) is 0 Å². The van der Waals surface area contributed by atoms with Crippen molar-refractivity contribution in [2.45, 2.75) is 0 Å². The van der Waals surface area contributed by atoms with Crippen molar-refractivity contribution >= 4 is 22.6 Å². The van der Waals surface area contributed by atoms with Crippen LogP contribution in [0.5, 0.6) is 5.75 Å². The number of hydrogen-bond acceptors (Lipinski definition) is 1. The molecule has 0 aromatic heterocycles. The average molecular weight is 296 g/mol. The van der Waals surface area contributed by atoms with E-state index in [1.165, 1.54) is 6.08 Å². The van der Waals surface area contributed by atoms with Crippen LogP contribution in [0.2, 0.25) is 0 Å². The highest BCUT2D eigenvalue weighted by atomic mass is 127. The van der Waals surface area contributed by atoms with E-state index in [0.717, 1.165) is 12.1 Å². The van der Waals surface area contributed by atoms with Gasteiger partial charge in [0.05, 0.1) is 3.57 Å². The van der Waals surface area contributed by atoms with Crippen LogP contribution in [0, 0.1) is 15.2 Å². The Bertz CT molecular complexity index is 326. The van der Waals surface area contributed by atoms with E-state index in [9.17, 15) is 8.78 Å². The lowest BCUT2D eigenvalue weighted by Crippen LogP contribution is -1.97. The molecular formula is C9H7F2IO. The molecule has 0 aliphatic rings. The summed E-state index contributed by atoms with van der Waals surface area (Å²) in [5.41, 5.74) is 0. The van der Waals surface area contributed by atoms with Crippen LogP contribution in [-0.4, -0.2) is 6.61 Å². The zero-order valence-electron chi connectivity index (χ0n) is 6.69. The van der Waals surface area contributed by atoms with E-state index in [-0.39, 0.29) is 15.9 Å². The fraction of sp³-hybridized carbons (Fsp3) is 0.111. The van der Waals surface area contributed by atoms with Crippen LogP contribution in [0.4, 0.5) is 8.78 Å². The third-order valence-corrected chi connectivity index (χ3v) is 2.36. The summed E-state index contributed by atoms with van der Waals surface area (Å²) in [4.78, 5) is 0. The van der Waals surface area contributed by atoms with Crippen LogP contribution in [0.25, 0.3) is 0 Å². The fourth-order valence-electron chi connectivity index (χ4n) is 0.786. The minimum Gasteiger partial charge on any atom is -0.488 e. The second-order valence-electron chi connectivity index (χ2n) is 2.30. The lowest BCUT2D eigenvalue weighted by atomic mass is 10.3. The molecule has 1 aromatic rings. The smallest absolute Gasteiger partial charge is 0.143 e. The van der Waals surface area contributed by atoms with E-state index in [0.29, 0.717) is 0 Å².